The number of para-hydroxylation sites is 2. The Labute approximate surface area is 146 Å². The second-order valence-electron chi connectivity index (χ2n) is 4.96. The van der Waals surface area contributed by atoms with E-state index < -0.39 is 11.7 Å². The largest absolute Gasteiger partial charge is 0.480 e. The molecular weight excluding hydrogens is 350 g/mol. The minimum atomic E-state index is -2.63. The molecule has 130 valence electrons. The van der Waals surface area contributed by atoms with Crippen molar-refractivity contribution in [1.29, 1.82) is 0 Å². The van der Waals surface area contributed by atoms with Gasteiger partial charge in [-0.05, 0) is 36.0 Å². The highest BCUT2D eigenvalue weighted by Crippen LogP contribution is 2.28. The highest BCUT2D eigenvalue weighted by molar-refractivity contribution is 7.99. The number of imidazole rings is 1. The Hall–Kier alpha value is -2.68. The average Bonchev–Trinajstić information content (AvgIpc) is 2.92. The zero-order chi connectivity index (χ0) is 17.8. The molecule has 1 aromatic carbocycles. The third kappa shape index (κ3) is 3.87. The number of alkyl halides is 2. The molecule has 1 N–H and O–H groups in total. The van der Waals surface area contributed by atoms with Gasteiger partial charge in [-0.2, -0.15) is 8.78 Å². The molecule has 0 aliphatic carbocycles. The molecule has 2 heterocycles. The SMILES string of the molecule is COc1ncccc1NC(=O)Cn1c(SC(F)F)nc2ccccc21. The van der Waals surface area contributed by atoms with Crippen molar-refractivity contribution in [2.75, 3.05) is 12.4 Å². The first-order valence-corrected chi connectivity index (χ1v) is 8.15. The number of nitrogens with zero attached hydrogens (tertiary/aromatic N) is 3. The van der Waals surface area contributed by atoms with Crippen LogP contribution in [0.1, 0.15) is 0 Å². The lowest BCUT2D eigenvalue weighted by molar-refractivity contribution is -0.116. The van der Waals surface area contributed by atoms with Gasteiger partial charge in [0.1, 0.15) is 12.2 Å². The number of benzene rings is 1. The van der Waals surface area contributed by atoms with Crippen molar-refractivity contribution >= 4 is 34.4 Å². The molecule has 0 fully saturated rings. The summed E-state index contributed by atoms with van der Waals surface area (Å²) in [6, 6.07) is 10.3. The smallest absolute Gasteiger partial charge is 0.291 e. The molecule has 3 aromatic rings. The minimum Gasteiger partial charge on any atom is -0.480 e. The number of aromatic nitrogens is 3. The number of rotatable bonds is 6. The molecule has 0 atom stereocenters. The second kappa shape index (κ2) is 7.47. The molecule has 0 aliphatic heterocycles. The van der Waals surface area contributed by atoms with E-state index in [2.05, 4.69) is 15.3 Å². The van der Waals surface area contributed by atoms with Gasteiger partial charge >= 0.3 is 0 Å². The van der Waals surface area contributed by atoms with Crippen molar-refractivity contribution in [3.8, 4) is 5.88 Å². The average molecular weight is 364 g/mol. The number of carbonyl (C=O) groups is 1. The van der Waals surface area contributed by atoms with Crippen molar-refractivity contribution in [3.05, 3.63) is 42.6 Å². The number of halogens is 2. The van der Waals surface area contributed by atoms with Crippen molar-refractivity contribution in [3.63, 3.8) is 0 Å². The number of hydrogen-bond donors (Lipinski definition) is 1. The summed E-state index contributed by atoms with van der Waals surface area (Å²) in [5.74, 6) is -2.75. The number of amides is 1. The standard InChI is InChI=1S/C16H14F2N4O2S/c1-24-14-11(6-4-8-19-14)20-13(23)9-22-12-7-3-2-5-10(12)21-16(22)25-15(17)18/h2-8,15H,9H2,1H3,(H,20,23). The molecule has 0 aliphatic rings. The third-order valence-electron chi connectivity index (χ3n) is 3.35. The molecule has 6 nitrogen and oxygen atoms in total. The Morgan fingerprint density at radius 1 is 1.32 bits per heavy atom. The van der Waals surface area contributed by atoms with Crippen LogP contribution in [0.2, 0.25) is 0 Å². The zero-order valence-corrected chi connectivity index (χ0v) is 14.0. The molecule has 3 rings (SSSR count). The van der Waals surface area contributed by atoms with E-state index in [-0.39, 0.29) is 17.6 Å². The van der Waals surface area contributed by atoms with E-state index in [0.717, 1.165) is 0 Å². The summed E-state index contributed by atoms with van der Waals surface area (Å²) in [6.45, 7) is -0.159. The number of carbonyl (C=O) groups excluding carboxylic acids is 1. The number of ether oxygens (including phenoxy) is 1. The highest BCUT2D eigenvalue weighted by Gasteiger charge is 2.18. The molecule has 0 radical (unpaired) electrons. The van der Waals surface area contributed by atoms with E-state index in [4.69, 9.17) is 4.74 Å². The van der Waals surface area contributed by atoms with Crippen molar-refractivity contribution in [1.82, 2.24) is 14.5 Å². The van der Waals surface area contributed by atoms with Crippen LogP contribution in [-0.4, -0.2) is 33.3 Å². The van der Waals surface area contributed by atoms with E-state index in [9.17, 15) is 13.6 Å². The van der Waals surface area contributed by atoms with Gasteiger partial charge in [-0.3, -0.25) is 4.79 Å². The number of methoxy groups -OCH3 is 1. The molecule has 0 saturated carbocycles. The van der Waals surface area contributed by atoms with E-state index in [1.807, 2.05) is 0 Å². The predicted molar refractivity (Wildman–Crippen MR) is 91.0 cm³/mol. The Morgan fingerprint density at radius 2 is 2.12 bits per heavy atom. The summed E-state index contributed by atoms with van der Waals surface area (Å²) in [6.07, 6.45) is 1.54. The summed E-state index contributed by atoms with van der Waals surface area (Å²) < 4.78 is 32.1. The fourth-order valence-corrected chi connectivity index (χ4v) is 2.96. The quantitative estimate of drug-likeness (QED) is 0.679. The lowest BCUT2D eigenvalue weighted by atomic mass is 10.3. The van der Waals surface area contributed by atoms with Crippen LogP contribution in [-0.2, 0) is 11.3 Å². The molecule has 0 spiro atoms. The van der Waals surface area contributed by atoms with Crippen LogP contribution in [0.15, 0.2) is 47.8 Å². The molecule has 0 bridgehead atoms. The summed E-state index contributed by atoms with van der Waals surface area (Å²) in [5.41, 5.74) is 1.57. The number of thioether (sulfide) groups is 1. The molecule has 2 aromatic heterocycles. The van der Waals surface area contributed by atoms with Crippen LogP contribution in [0.5, 0.6) is 5.88 Å². The second-order valence-corrected chi connectivity index (χ2v) is 5.91. The molecule has 0 saturated heterocycles. The number of anilines is 1. The molecule has 9 heteroatoms. The van der Waals surface area contributed by atoms with E-state index >= 15 is 0 Å². The van der Waals surface area contributed by atoms with Gasteiger partial charge in [0.05, 0.1) is 18.1 Å². The van der Waals surface area contributed by atoms with Gasteiger partial charge < -0.3 is 14.6 Å². The van der Waals surface area contributed by atoms with Crippen molar-refractivity contribution < 1.29 is 18.3 Å². The first-order valence-electron chi connectivity index (χ1n) is 7.27. The topological polar surface area (TPSA) is 69.0 Å². The lowest BCUT2D eigenvalue weighted by Gasteiger charge is -2.11. The number of pyridine rings is 1. The Kier molecular flexibility index (Phi) is 5.13. The maximum absolute atomic E-state index is 12.8. The van der Waals surface area contributed by atoms with Gasteiger partial charge in [0.2, 0.25) is 11.8 Å². The molecular formula is C16H14F2N4O2S. The Balaban J connectivity index is 1.87. The molecule has 0 unspecified atom stereocenters. The maximum atomic E-state index is 12.8. The normalized spacial score (nSPS) is 11.0. The fourth-order valence-electron chi connectivity index (χ4n) is 2.36. The van der Waals surface area contributed by atoms with Gasteiger partial charge in [0.15, 0.2) is 5.16 Å². The Morgan fingerprint density at radius 3 is 2.88 bits per heavy atom. The lowest BCUT2D eigenvalue weighted by Crippen LogP contribution is -2.20. The van der Waals surface area contributed by atoms with Crippen LogP contribution >= 0.6 is 11.8 Å². The first-order chi connectivity index (χ1) is 12.1. The summed E-state index contributed by atoms with van der Waals surface area (Å²) in [5, 5.41) is 2.76. The van der Waals surface area contributed by atoms with Gasteiger partial charge in [-0.1, -0.05) is 12.1 Å². The van der Waals surface area contributed by atoms with Gasteiger partial charge in [0.25, 0.3) is 5.76 Å². The van der Waals surface area contributed by atoms with E-state index in [1.54, 1.807) is 36.4 Å². The number of nitrogens with one attached hydrogen (secondary N) is 1. The van der Waals surface area contributed by atoms with Gasteiger partial charge in [-0.15, -0.1) is 0 Å². The van der Waals surface area contributed by atoms with Gasteiger partial charge in [-0.25, -0.2) is 9.97 Å². The summed E-state index contributed by atoms with van der Waals surface area (Å²) in [7, 11) is 1.44. The monoisotopic (exact) mass is 364 g/mol. The predicted octanol–water partition coefficient (Wildman–Crippen LogP) is 3.39. The van der Waals surface area contributed by atoms with Crippen LogP contribution in [0.4, 0.5) is 14.5 Å². The molecule has 1 amide bonds. The first kappa shape index (κ1) is 17.2. The minimum absolute atomic E-state index is 0.0875. The number of fused-ring (bicyclic) bond motifs is 1. The van der Waals surface area contributed by atoms with Crippen molar-refractivity contribution in [2.45, 2.75) is 17.5 Å². The van der Waals surface area contributed by atoms with E-state index in [1.165, 1.54) is 17.9 Å². The van der Waals surface area contributed by atoms with E-state index in [0.29, 0.717) is 28.5 Å². The zero-order valence-electron chi connectivity index (χ0n) is 13.1. The van der Waals surface area contributed by atoms with Crippen LogP contribution in [0.25, 0.3) is 11.0 Å². The highest BCUT2D eigenvalue weighted by atomic mass is 32.2. The van der Waals surface area contributed by atoms with Crippen LogP contribution in [0.3, 0.4) is 0 Å². The number of hydrogen-bond acceptors (Lipinski definition) is 5. The molecule has 25 heavy (non-hydrogen) atoms. The Bertz CT molecular complexity index is 901. The van der Waals surface area contributed by atoms with Crippen LogP contribution in [0, 0.1) is 0 Å². The van der Waals surface area contributed by atoms with Crippen molar-refractivity contribution in [2.24, 2.45) is 0 Å². The summed E-state index contributed by atoms with van der Waals surface area (Å²) in [4.78, 5) is 20.6. The maximum Gasteiger partial charge on any atom is 0.291 e. The van der Waals surface area contributed by atoms with Crippen LogP contribution < -0.4 is 10.1 Å². The third-order valence-corrected chi connectivity index (χ3v) is 4.06. The summed E-state index contributed by atoms with van der Waals surface area (Å²) >= 11 is 0.308. The van der Waals surface area contributed by atoms with Gasteiger partial charge in [0, 0.05) is 6.20 Å². The fraction of sp³-hybridized carbons (Fsp3) is 0.188.